The topological polar surface area (TPSA) is 58.4 Å². The molecule has 23 heavy (non-hydrogen) atoms. The summed E-state index contributed by atoms with van der Waals surface area (Å²) >= 11 is 0. The Morgan fingerprint density at radius 2 is 2.09 bits per heavy atom. The van der Waals surface area contributed by atoms with Crippen LogP contribution in [0.2, 0.25) is 0 Å². The zero-order valence-corrected chi connectivity index (χ0v) is 13.1. The average molecular weight is 317 g/mol. The lowest BCUT2D eigenvalue weighted by molar-refractivity contribution is -0.135. The fourth-order valence-corrected chi connectivity index (χ4v) is 2.92. The summed E-state index contributed by atoms with van der Waals surface area (Å²) in [6.07, 6.45) is 5.01. The van der Waals surface area contributed by atoms with Gasteiger partial charge in [-0.1, -0.05) is 12.1 Å². The van der Waals surface area contributed by atoms with Gasteiger partial charge in [-0.3, -0.25) is 4.79 Å². The average Bonchev–Trinajstić information content (AvgIpc) is 3.26. The Hall–Kier alpha value is -2.21. The summed E-state index contributed by atoms with van der Waals surface area (Å²) in [5.41, 5.74) is 0.264. The number of amides is 1. The van der Waals surface area contributed by atoms with Crippen molar-refractivity contribution in [1.82, 2.24) is 14.5 Å². The van der Waals surface area contributed by atoms with E-state index in [0.29, 0.717) is 6.54 Å². The number of aryl methyl sites for hydroxylation is 1. The molecule has 0 bridgehead atoms. The third-order valence-electron chi connectivity index (χ3n) is 4.47. The molecule has 2 aromatic rings. The summed E-state index contributed by atoms with van der Waals surface area (Å²) in [6.45, 7) is 0.510. The van der Waals surface area contributed by atoms with E-state index in [1.54, 1.807) is 23.2 Å². The minimum Gasteiger partial charge on any atom is -0.395 e. The van der Waals surface area contributed by atoms with Gasteiger partial charge in [-0.25, -0.2) is 9.37 Å². The van der Waals surface area contributed by atoms with Crippen molar-refractivity contribution < 1.29 is 14.3 Å². The number of carbonyl (C=O) groups excluding carboxylic acids is 1. The molecule has 1 fully saturated rings. The highest BCUT2D eigenvalue weighted by Crippen LogP contribution is 2.49. The molecule has 0 radical (unpaired) electrons. The van der Waals surface area contributed by atoms with E-state index < -0.39 is 5.41 Å². The van der Waals surface area contributed by atoms with E-state index in [-0.39, 0.29) is 24.9 Å². The lowest BCUT2D eigenvalue weighted by Gasteiger charge is -2.27. The van der Waals surface area contributed by atoms with Crippen LogP contribution in [0.5, 0.6) is 0 Å². The first-order chi connectivity index (χ1) is 11.1. The molecule has 1 saturated carbocycles. The van der Waals surface area contributed by atoms with Gasteiger partial charge in [0.25, 0.3) is 0 Å². The van der Waals surface area contributed by atoms with Crippen molar-refractivity contribution in [1.29, 1.82) is 0 Å². The van der Waals surface area contributed by atoms with Gasteiger partial charge in [0.1, 0.15) is 11.6 Å². The van der Waals surface area contributed by atoms with Gasteiger partial charge in [0, 0.05) is 26.0 Å². The zero-order valence-electron chi connectivity index (χ0n) is 13.1. The number of aromatic nitrogens is 2. The summed E-state index contributed by atoms with van der Waals surface area (Å²) in [5, 5.41) is 9.31. The van der Waals surface area contributed by atoms with Crippen LogP contribution in [0.1, 0.15) is 24.2 Å². The van der Waals surface area contributed by atoms with Crippen molar-refractivity contribution in [3.05, 3.63) is 53.9 Å². The molecule has 5 nitrogen and oxygen atoms in total. The number of hydrogen-bond donors (Lipinski definition) is 1. The van der Waals surface area contributed by atoms with Gasteiger partial charge in [0.15, 0.2) is 0 Å². The predicted octanol–water partition coefficient (Wildman–Crippen LogP) is 1.61. The third kappa shape index (κ3) is 2.99. The number of carbonyl (C=O) groups is 1. The van der Waals surface area contributed by atoms with Crippen LogP contribution in [-0.2, 0) is 23.8 Å². The molecule has 1 N–H and O–H groups in total. The van der Waals surface area contributed by atoms with E-state index in [1.165, 1.54) is 12.1 Å². The van der Waals surface area contributed by atoms with E-state index >= 15 is 0 Å². The first-order valence-electron chi connectivity index (χ1n) is 7.69. The SMILES string of the molecule is Cn1ccnc1CN(CCO)C(=O)C1(c2ccc(F)cc2)CC1. The highest BCUT2D eigenvalue weighted by molar-refractivity contribution is 5.91. The second kappa shape index (κ2) is 6.12. The molecule has 3 rings (SSSR count). The van der Waals surface area contributed by atoms with Crippen molar-refractivity contribution in [2.45, 2.75) is 24.8 Å². The highest BCUT2D eigenvalue weighted by atomic mass is 19.1. The van der Waals surface area contributed by atoms with Crippen LogP contribution in [0.3, 0.4) is 0 Å². The molecule has 1 heterocycles. The number of hydrogen-bond acceptors (Lipinski definition) is 3. The Kier molecular flexibility index (Phi) is 4.17. The van der Waals surface area contributed by atoms with Gasteiger partial charge in [-0.15, -0.1) is 0 Å². The van der Waals surface area contributed by atoms with Gasteiger partial charge < -0.3 is 14.6 Å². The molecule has 1 aliphatic carbocycles. The lowest BCUT2D eigenvalue weighted by atomic mass is 9.94. The normalized spacial score (nSPS) is 15.4. The van der Waals surface area contributed by atoms with E-state index in [2.05, 4.69) is 4.98 Å². The van der Waals surface area contributed by atoms with Crippen LogP contribution >= 0.6 is 0 Å². The molecule has 1 aromatic heterocycles. The van der Waals surface area contributed by atoms with Gasteiger partial charge in [-0.05, 0) is 30.5 Å². The molecular weight excluding hydrogens is 297 g/mol. The summed E-state index contributed by atoms with van der Waals surface area (Å²) in [5.74, 6) is 0.431. The molecule has 1 amide bonds. The number of nitrogens with zero attached hydrogens (tertiary/aromatic N) is 3. The predicted molar refractivity (Wildman–Crippen MR) is 83.0 cm³/mol. The van der Waals surface area contributed by atoms with Crippen LogP contribution < -0.4 is 0 Å². The smallest absolute Gasteiger partial charge is 0.233 e. The molecule has 0 aliphatic heterocycles. The number of imidazole rings is 1. The van der Waals surface area contributed by atoms with E-state index in [9.17, 15) is 14.3 Å². The van der Waals surface area contributed by atoms with Gasteiger partial charge in [0.2, 0.25) is 5.91 Å². The summed E-state index contributed by atoms with van der Waals surface area (Å²) in [7, 11) is 1.87. The lowest BCUT2D eigenvalue weighted by Crippen LogP contribution is -2.41. The first kappa shape index (κ1) is 15.7. The number of halogens is 1. The molecule has 0 unspecified atom stereocenters. The fourth-order valence-electron chi connectivity index (χ4n) is 2.92. The Bertz CT molecular complexity index is 692. The maximum absolute atomic E-state index is 13.1. The van der Waals surface area contributed by atoms with Crippen LogP contribution in [0.25, 0.3) is 0 Å². The van der Waals surface area contributed by atoms with Crippen molar-refractivity contribution in [2.75, 3.05) is 13.2 Å². The summed E-state index contributed by atoms with van der Waals surface area (Å²) < 4.78 is 15.0. The Morgan fingerprint density at radius 1 is 1.39 bits per heavy atom. The van der Waals surface area contributed by atoms with Gasteiger partial charge in [-0.2, -0.15) is 0 Å². The summed E-state index contributed by atoms with van der Waals surface area (Å²) in [4.78, 5) is 18.9. The van der Waals surface area contributed by atoms with Crippen molar-refractivity contribution in [2.24, 2.45) is 7.05 Å². The Labute approximate surface area is 134 Å². The molecule has 6 heteroatoms. The largest absolute Gasteiger partial charge is 0.395 e. The number of rotatable bonds is 6. The highest BCUT2D eigenvalue weighted by Gasteiger charge is 2.53. The van der Waals surface area contributed by atoms with E-state index in [0.717, 1.165) is 24.2 Å². The van der Waals surface area contributed by atoms with Crippen molar-refractivity contribution in [3.8, 4) is 0 Å². The van der Waals surface area contributed by atoms with Gasteiger partial charge >= 0.3 is 0 Å². The number of aliphatic hydroxyl groups is 1. The minimum atomic E-state index is -0.575. The van der Waals surface area contributed by atoms with Crippen LogP contribution in [0, 0.1) is 5.82 Å². The quantitative estimate of drug-likeness (QED) is 0.880. The van der Waals surface area contributed by atoms with Crippen LogP contribution in [0.15, 0.2) is 36.7 Å². The summed E-state index contributed by atoms with van der Waals surface area (Å²) in [6, 6.07) is 6.13. The van der Waals surface area contributed by atoms with E-state index in [1.807, 2.05) is 17.8 Å². The Balaban J connectivity index is 1.83. The monoisotopic (exact) mass is 317 g/mol. The second-order valence-electron chi connectivity index (χ2n) is 5.99. The number of benzene rings is 1. The first-order valence-corrected chi connectivity index (χ1v) is 7.69. The Morgan fingerprint density at radius 3 is 2.61 bits per heavy atom. The molecular formula is C17H20FN3O2. The molecule has 122 valence electrons. The van der Waals surface area contributed by atoms with Gasteiger partial charge in [0.05, 0.1) is 18.6 Å². The van der Waals surface area contributed by atoms with Crippen molar-refractivity contribution >= 4 is 5.91 Å². The second-order valence-corrected chi connectivity index (χ2v) is 5.99. The zero-order chi connectivity index (χ0) is 16.4. The molecule has 1 aliphatic rings. The van der Waals surface area contributed by atoms with Crippen LogP contribution in [-0.4, -0.2) is 38.6 Å². The molecule has 0 spiro atoms. The maximum atomic E-state index is 13.1. The minimum absolute atomic E-state index is 0.0267. The molecule has 1 aromatic carbocycles. The van der Waals surface area contributed by atoms with Crippen LogP contribution in [0.4, 0.5) is 4.39 Å². The molecule has 0 atom stereocenters. The fraction of sp³-hybridized carbons (Fsp3) is 0.412. The molecule has 0 saturated heterocycles. The standard InChI is InChI=1S/C17H20FN3O2/c1-20-9-8-19-15(20)12-21(10-11-22)16(23)17(6-7-17)13-2-4-14(18)5-3-13/h2-5,8-9,22H,6-7,10-12H2,1H3. The van der Waals surface area contributed by atoms with Crippen molar-refractivity contribution in [3.63, 3.8) is 0 Å². The third-order valence-corrected chi connectivity index (χ3v) is 4.47. The number of aliphatic hydroxyl groups excluding tert-OH is 1. The maximum Gasteiger partial charge on any atom is 0.233 e. The van der Waals surface area contributed by atoms with E-state index in [4.69, 9.17) is 0 Å².